The predicted octanol–water partition coefficient (Wildman–Crippen LogP) is 2.57. The molecule has 0 saturated carbocycles. The van der Waals surface area contributed by atoms with E-state index < -0.39 is 0 Å². The number of amides is 1. The van der Waals surface area contributed by atoms with Crippen LogP contribution in [0.1, 0.15) is 49.8 Å². The van der Waals surface area contributed by atoms with Crippen LogP contribution in [-0.4, -0.2) is 10.9 Å². The average molecular weight is 232 g/mol. The zero-order valence-electron chi connectivity index (χ0n) is 10.4. The first-order chi connectivity index (χ1) is 8.24. The number of benzene rings is 1. The Labute approximate surface area is 103 Å². The number of hydrazine groups is 1. The summed E-state index contributed by atoms with van der Waals surface area (Å²) in [6.07, 6.45) is 4.57. The first-order valence-electron chi connectivity index (χ1n) is 6.38. The lowest BCUT2D eigenvalue weighted by molar-refractivity contribution is -0.134. The molecule has 1 aromatic rings. The van der Waals surface area contributed by atoms with Crippen LogP contribution in [0.25, 0.3) is 0 Å². The van der Waals surface area contributed by atoms with E-state index >= 15 is 0 Å². The molecule has 1 aliphatic rings. The van der Waals surface area contributed by atoms with E-state index in [2.05, 4.69) is 18.2 Å². The summed E-state index contributed by atoms with van der Waals surface area (Å²) in [5, 5.41) is 1.45. The summed E-state index contributed by atoms with van der Waals surface area (Å²) < 4.78 is 0. The predicted molar refractivity (Wildman–Crippen MR) is 68.1 cm³/mol. The zero-order chi connectivity index (χ0) is 12.3. The van der Waals surface area contributed by atoms with Gasteiger partial charge in [-0.05, 0) is 36.8 Å². The number of nitrogens with two attached hydrogens (primary N) is 1. The molecule has 3 heteroatoms. The van der Waals surface area contributed by atoms with Gasteiger partial charge in [0.05, 0.1) is 6.04 Å². The molecule has 2 rings (SSSR count). The second kappa shape index (κ2) is 5.32. The molecule has 3 nitrogen and oxygen atoms in total. The Morgan fingerprint density at radius 1 is 1.47 bits per heavy atom. The van der Waals surface area contributed by atoms with Gasteiger partial charge < -0.3 is 0 Å². The Kier molecular flexibility index (Phi) is 3.79. The highest BCUT2D eigenvalue weighted by Crippen LogP contribution is 2.32. The van der Waals surface area contributed by atoms with Crippen LogP contribution in [0.2, 0.25) is 0 Å². The molecule has 0 radical (unpaired) electrons. The molecule has 0 aliphatic heterocycles. The normalized spacial score (nSPS) is 18.6. The molecular weight excluding hydrogens is 212 g/mol. The number of hydrogen-bond acceptors (Lipinski definition) is 2. The second-order valence-corrected chi connectivity index (χ2v) is 4.66. The third-order valence-corrected chi connectivity index (χ3v) is 3.43. The molecule has 2 N–H and O–H groups in total. The molecule has 1 aliphatic carbocycles. The van der Waals surface area contributed by atoms with Crippen molar-refractivity contribution in [1.82, 2.24) is 5.01 Å². The first kappa shape index (κ1) is 12.1. The van der Waals surface area contributed by atoms with E-state index in [1.54, 1.807) is 0 Å². The quantitative estimate of drug-likeness (QED) is 0.494. The summed E-state index contributed by atoms with van der Waals surface area (Å²) in [5.74, 6) is 6.03. The first-order valence-corrected chi connectivity index (χ1v) is 6.38. The average Bonchev–Trinajstić information content (AvgIpc) is 2.37. The van der Waals surface area contributed by atoms with Crippen molar-refractivity contribution in [3.63, 3.8) is 0 Å². The van der Waals surface area contributed by atoms with E-state index in [0.717, 1.165) is 25.7 Å². The van der Waals surface area contributed by atoms with Gasteiger partial charge in [-0.1, -0.05) is 31.2 Å². The van der Waals surface area contributed by atoms with Crippen molar-refractivity contribution in [2.24, 2.45) is 5.84 Å². The number of carbonyl (C=O) groups excluding carboxylic acids is 1. The number of nitrogens with zero attached hydrogens (tertiary/aromatic N) is 1. The van der Waals surface area contributed by atoms with Crippen molar-refractivity contribution in [1.29, 1.82) is 0 Å². The van der Waals surface area contributed by atoms with Gasteiger partial charge in [0.2, 0.25) is 5.91 Å². The van der Waals surface area contributed by atoms with Gasteiger partial charge >= 0.3 is 0 Å². The SMILES string of the molecule is CCCC(=O)N(N)C1CCCc2ccccc21. The van der Waals surface area contributed by atoms with Crippen molar-refractivity contribution >= 4 is 5.91 Å². The molecule has 0 saturated heterocycles. The van der Waals surface area contributed by atoms with Gasteiger partial charge in [-0.25, -0.2) is 5.84 Å². The van der Waals surface area contributed by atoms with Gasteiger partial charge in [0.25, 0.3) is 0 Å². The minimum Gasteiger partial charge on any atom is -0.273 e. The van der Waals surface area contributed by atoms with Gasteiger partial charge in [-0.15, -0.1) is 0 Å². The summed E-state index contributed by atoms with van der Waals surface area (Å²) >= 11 is 0. The van der Waals surface area contributed by atoms with E-state index in [9.17, 15) is 4.79 Å². The largest absolute Gasteiger partial charge is 0.273 e. The van der Waals surface area contributed by atoms with Crippen LogP contribution in [0.4, 0.5) is 0 Å². The fourth-order valence-corrected chi connectivity index (χ4v) is 2.53. The smallest absolute Gasteiger partial charge is 0.237 e. The van der Waals surface area contributed by atoms with Crippen LogP contribution in [0, 0.1) is 0 Å². The molecule has 1 atom stereocenters. The Morgan fingerprint density at radius 3 is 3.00 bits per heavy atom. The maximum absolute atomic E-state index is 11.9. The molecule has 0 bridgehead atoms. The second-order valence-electron chi connectivity index (χ2n) is 4.66. The van der Waals surface area contributed by atoms with Crippen LogP contribution in [0.5, 0.6) is 0 Å². The van der Waals surface area contributed by atoms with Crippen molar-refractivity contribution < 1.29 is 4.79 Å². The van der Waals surface area contributed by atoms with E-state index in [1.807, 2.05) is 13.0 Å². The van der Waals surface area contributed by atoms with Gasteiger partial charge in [-0.3, -0.25) is 9.80 Å². The van der Waals surface area contributed by atoms with Gasteiger partial charge in [0.1, 0.15) is 0 Å². The number of carbonyl (C=O) groups is 1. The van der Waals surface area contributed by atoms with Crippen LogP contribution in [-0.2, 0) is 11.2 Å². The highest BCUT2D eigenvalue weighted by molar-refractivity contribution is 5.76. The van der Waals surface area contributed by atoms with E-state index in [4.69, 9.17) is 5.84 Å². The van der Waals surface area contributed by atoms with Gasteiger partial charge in [0.15, 0.2) is 0 Å². The van der Waals surface area contributed by atoms with E-state index in [-0.39, 0.29) is 11.9 Å². The van der Waals surface area contributed by atoms with Crippen molar-refractivity contribution in [2.75, 3.05) is 0 Å². The summed E-state index contributed by atoms with van der Waals surface area (Å²) in [4.78, 5) is 11.9. The Morgan fingerprint density at radius 2 is 2.24 bits per heavy atom. The topological polar surface area (TPSA) is 46.3 Å². The number of rotatable bonds is 3. The molecule has 1 unspecified atom stereocenters. The minimum absolute atomic E-state index is 0.0502. The van der Waals surface area contributed by atoms with Crippen molar-refractivity contribution in [3.8, 4) is 0 Å². The van der Waals surface area contributed by atoms with Crippen LogP contribution in [0.3, 0.4) is 0 Å². The van der Waals surface area contributed by atoms with E-state index in [1.165, 1.54) is 16.1 Å². The molecule has 17 heavy (non-hydrogen) atoms. The number of aryl methyl sites for hydroxylation is 1. The molecule has 1 amide bonds. The van der Waals surface area contributed by atoms with Crippen molar-refractivity contribution in [2.45, 2.75) is 45.1 Å². The Balaban J connectivity index is 2.20. The number of hydrogen-bond donors (Lipinski definition) is 1. The molecule has 0 aromatic heterocycles. The summed E-state index contributed by atoms with van der Waals surface area (Å²) in [5.41, 5.74) is 2.56. The highest BCUT2D eigenvalue weighted by Gasteiger charge is 2.26. The summed E-state index contributed by atoms with van der Waals surface area (Å²) in [7, 11) is 0. The fourth-order valence-electron chi connectivity index (χ4n) is 2.53. The van der Waals surface area contributed by atoms with Crippen LogP contribution in [0.15, 0.2) is 24.3 Å². The van der Waals surface area contributed by atoms with E-state index in [0.29, 0.717) is 6.42 Å². The maximum atomic E-state index is 11.9. The molecular formula is C14H20N2O. The molecule has 92 valence electrons. The van der Waals surface area contributed by atoms with Gasteiger partial charge in [-0.2, -0.15) is 0 Å². The van der Waals surface area contributed by atoms with Crippen LogP contribution < -0.4 is 5.84 Å². The molecule has 0 spiro atoms. The molecule has 0 heterocycles. The molecule has 1 aromatic carbocycles. The lowest BCUT2D eigenvalue weighted by atomic mass is 9.87. The monoisotopic (exact) mass is 232 g/mol. The maximum Gasteiger partial charge on any atom is 0.237 e. The summed E-state index contributed by atoms with van der Waals surface area (Å²) in [6.45, 7) is 2.00. The standard InChI is InChI=1S/C14H20N2O/c1-2-6-14(17)16(15)13-10-5-8-11-7-3-4-9-12(11)13/h3-4,7,9,13H,2,5-6,8,10,15H2,1H3. The third kappa shape index (κ3) is 2.50. The van der Waals surface area contributed by atoms with Crippen molar-refractivity contribution in [3.05, 3.63) is 35.4 Å². The lowest BCUT2D eigenvalue weighted by Crippen LogP contribution is -2.41. The van der Waals surface area contributed by atoms with Gasteiger partial charge in [0, 0.05) is 6.42 Å². The molecule has 0 fully saturated rings. The number of fused-ring (bicyclic) bond motifs is 1. The Bertz CT molecular complexity index is 403. The minimum atomic E-state index is 0.0502. The lowest BCUT2D eigenvalue weighted by Gasteiger charge is -2.32. The zero-order valence-corrected chi connectivity index (χ0v) is 10.4. The fraction of sp³-hybridized carbons (Fsp3) is 0.500. The third-order valence-electron chi connectivity index (χ3n) is 3.43. The van der Waals surface area contributed by atoms with Crippen LogP contribution >= 0.6 is 0 Å². The highest BCUT2D eigenvalue weighted by atomic mass is 16.2. The summed E-state index contributed by atoms with van der Waals surface area (Å²) in [6, 6.07) is 8.38. The Hall–Kier alpha value is -1.35.